The van der Waals surface area contributed by atoms with Crippen molar-refractivity contribution in [2.75, 3.05) is 13.1 Å². The summed E-state index contributed by atoms with van der Waals surface area (Å²) in [7, 11) is 0. The van der Waals surface area contributed by atoms with Crippen molar-refractivity contribution in [3.63, 3.8) is 0 Å². The minimum Gasteiger partial charge on any atom is -0.372 e. The van der Waals surface area contributed by atoms with E-state index in [0.717, 1.165) is 49.1 Å². The highest BCUT2D eigenvalue weighted by Crippen LogP contribution is 2.19. The van der Waals surface area contributed by atoms with E-state index in [-0.39, 0.29) is 6.10 Å². The largest absolute Gasteiger partial charge is 0.372 e. The zero-order valence-corrected chi connectivity index (χ0v) is 13.5. The summed E-state index contributed by atoms with van der Waals surface area (Å²) < 4.78 is 10.8. The van der Waals surface area contributed by atoms with Crippen LogP contribution in [0.1, 0.15) is 24.0 Å². The maximum Gasteiger partial charge on any atom is 0.135 e. The molecule has 0 amide bonds. The molecule has 6 heteroatoms. The van der Waals surface area contributed by atoms with Crippen molar-refractivity contribution in [1.29, 1.82) is 0 Å². The number of hydrogen-bond donors (Lipinski definition) is 0. The Morgan fingerprint density at radius 1 is 1.17 bits per heavy atom. The monoisotopic (exact) mass is 324 g/mol. The Morgan fingerprint density at radius 3 is 3.04 bits per heavy atom. The molecule has 0 bridgehead atoms. The molecule has 24 heavy (non-hydrogen) atoms. The first-order valence-electron chi connectivity index (χ1n) is 8.31. The fourth-order valence-corrected chi connectivity index (χ4v) is 3.17. The van der Waals surface area contributed by atoms with Gasteiger partial charge in [0.25, 0.3) is 0 Å². The maximum atomic E-state index is 6.08. The number of rotatable bonds is 5. The third kappa shape index (κ3) is 3.60. The maximum absolute atomic E-state index is 6.08. The second-order valence-electron chi connectivity index (χ2n) is 6.26. The van der Waals surface area contributed by atoms with Crippen molar-refractivity contribution in [2.45, 2.75) is 32.1 Å². The van der Waals surface area contributed by atoms with Gasteiger partial charge in [-0.1, -0.05) is 12.1 Å². The second kappa shape index (κ2) is 7.07. The second-order valence-corrected chi connectivity index (χ2v) is 6.26. The van der Waals surface area contributed by atoms with Crippen molar-refractivity contribution >= 4 is 11.0 Å². The molecule has 1 fully saturated rings. The highest BCUT2D eigenvalue weighted by Gasteiger charge is 2.20. The number of fused-ring (bicyclic) bond motifs is 1. The third-order valence-corrected chi connectivity index (χ3v) is 4.40. The molecule has 124 valence electrons. The van der Waals surface area contributed by atoms with Crippen LogP contribution < -0.4 is 0 Å². The van der Waals surface area contributed by atoms with Crippen molar-refractivity contribution in [2.24, 2.45) is 0 Å². The molecule has 0 radical (unpaired) electrons. The van der Waals surface area contributed by atoms with E-state index in [2.05, 4.69) is 32.3 Å². The minimum atomic E-state index is 0.274. The Balaban J connectivity index is 1.34. The molecular formula is C18H20N4O2. The van der Waals surface area contributed by atoms with Crippen LogP contribution in [-0.2, 0) is 17.9 Å². The number of aromatic nitrogens is 3. The summed E-state index contributed by atoms with van der Waals surface area (Å²) in [6.07, 6.45) is 6.19. The number of piperidine rings is 1. The van der Waals surface area contributed by atoms with Crippen LogP contribution >= 0.6 is 0 Å². The molecule has 1 aromatic carbocycles. The molecule has 0 N–H and O–H groups in total. The first-order valence-corrected chi connectivity index (χ1v) is 8.31. The average Bonchev–Trinajstić information content (AvgIpc) is 3.09. The molecule has 1 atom stereocenters. The van der Waals surface area contributed by atoms with E-state index in [9.17, 15) is 0 Å². The van der Waals surface area contributed by atoms with Gasteiger partial charge in [0, 0.05) is 25.5 Å². The number of likely N-dealkylation sites (tertiary alicyclic amines) is 1. The molecule has 1 saturated heterocycles. The van der Waals surface area contributed by atoms with Gasteiger partial charge in [0.15, 0.2) is 0 Å². The van der Waals surface area contributed by atoms with Crippen molar-refractivity contribution < 1.29 is 9.37 Å². The zero-order chi connectivity index (χ0) is 16.2. The Bertz CT molecular complexity index is 790. The molecule has 1 aliphatic rings. The molecule has 0 aliphatic carbocycles. The zero-order valence-electron chi connectivity index (χ0n) is 13.5. The lowest BCUT2D eigenvalue weighted by atomic mass is 10.1. The SMILES string of the molecule is c1cncc(CO[C@H]2CCCN(Cc3ccc4nonc4c3)C2)c1. The van der Waals surface area contributed by atoms with Crippen LogP contribution in [0.4, 0.5) is 0 Å². The summed E-state index contributed by atoms with van der Waals surface area (Å²) in [4.78, 5) is 6.57. The molecule has 0 saturated carbocycles. The molecule has 3 heterocycles. The Hall–Kier alpha value is -2.31. The van der Waals surface area contributed by atoms with Gasteiger partial charge < -0.3 is 4.74 Å². The smallest absolute Gasteiger partial charge is 0.135 e. The van der Waals surface area contributed by atoms with Gasteiger partial charge in [0.05, 0.1) is 12.7 Å². The van der Waals surface area contributed by atoms with Crippen LogP contribution in [-0.4, -0.2) is 39.4 Å². The van der Waals surface area contributed by atoms with Crippen LogP contribution in [0.3, 0.4) is 0 Å². The molecular weight excluding hydrogens is 304 g/mol. The van der Waals surface area contributed by atoms with Gasteiger partial charge in [0.1, 0.15) is 11.0 Å². The van der Waals surface area contributed by atoms with E-state index in [0.29, 0.717) is 6.61 Å². The Morgan fingerprint density at radius 2 is 2.12 bits per heavy atom. The van der Waals surface area contributed by atoms with E-state index >= 15 is 0 Å². The van der Waals surface area contributed by atoms with Crippen molar-refractivity contribution in [3.8, 4) is 0 Å². The quantitative estimate of drug-likeness (QED) is 0.719. The first kappa shape index (κ1) is 15.2. The topological polar surface area (TPSA) is 64.3 Å². The van der Waals surface area contributed by atoms with E-state index < -0.39 is 0 Å². The van der Waals surface area contributed by atoms with E-state index in [1.165, 1.54) is 5.56 Å². The van der Waals surface area contributed by atoms with Crippen LogP contribution in [0.15, 0.2) is 47.4 Å². The molecule has 0 spiro atoms. The summed E-state index contributed by atoms with van der Waals surface area (Å²) in [6.45, 7) is 3.58. The lowest BCUT2D eigenvalue weighted by Crippen LogP contribution is -2.39. The molecule has 6 nitrogen and oxygen atoms in total. The molecule has 0 unspecified atom stereocenters. The van der Waals surface area contributed by atoms with Gasteiger partial charge >= 0.3 is 0 Å². The van der Waals surface area contributed by atoms with Gasteiger partial charge in [-0.25, -0.2) is 4.63 Å². The summed E-state index contributed by atoms with van der Waals surface area (Å²) in [5, 5.41) is 7.76. The summed E-state index contributed by atoms with van der Waals surface area (Å²) in [5.41, 5.74) is 3.97. The minimum absolute atomic E-state index is 0.274. The van der Waals surface area contributed by atoms with Gasteiger partial charge in [-0.05, 0) is 59.0 Å². The number of pyridine rings is 1. The molecule has 2 aromatic heterocycles. The van der Waals surface area contributed by atoms with Gasteiger partial charge in [-0.2, -0.15) is 0 Å². The van der Waals surface area contributed by atoms with Crippen molar-refractivity contribution in [3.05, 3.63) is 53.9 Å². The first-order chi connectivity index (χ1) is 11.9. The van der Waals surface area contributed by atoms with E-state index in [4.69, 9.17) is 9.37 Å². The number of hydrogen-bond acceptors (Lipinski definition) is 6. The summed E-state index contributed by atoms with van der Waals surface area (Å²) >= 11 is 0. The number of benzene rings is 1. The third-order valence-electron chi connectivity index (χ3n) is 4.40. The highest BCUT2D eigenvalue weighted by molar-refractivity contribution is 5.73. The van der Waals surface area contributed by atoms with Gasteiger partial charge in [-0.3, -0.25) is 9.88 Å². The Kier molecular flexibility index (Phi) is 4.49. The van der Waals surface area contributed by atoms with E-state index in [1.54, 1.807) is 6.20 Å². The molecule has 3 aromatic rings. The van der Waals surface area contributed by atoms with Crippen LogP contribution in [0.5, 0.6) is 0 Å². The summed E-state index contributed by atoms with van der Waals surface area (Å²) in [5.74, 6) is 0. The summed E-state index contributed by atoms with van der Waals surface area (Å²) in [6, 6.07) is 10.1. The number of nitrogens with zero attached hydrogens (tertiary/aromatic N) is 4. The number of ether oxygens (including phenoxy) is 1. The van der Waals surface area contributed by atoms with E-state index in [1.807, 2.05) is 24.4 Å². The lowest BCUT2D eigenvalue weighted by molar-refractivity contribution is -0.0121. The Labute approximate surface area is 140 Å². The normalized spacial score (nSPS) is 18.9. The van der Waals surface area contributed by atoms with Crippen molar-refractivity contribution in [1.82, 2.24) is 20.2 Å². The van der Waals surface area contributed by atoms with Crippen LogP contribution in [0.2, 0.25) is 0 Å². The highest BCUT2D eigenvalue weighted by atomic mass is 16.6. The predicted octanol–water partition coefficient (Wildman–Crippen LogP) is 2.80. The van der Waals surface area contributed by atoms with Crippen LogP contribution in [0.25, 0.3) is 11.0 Å². The van der Waals surface area contributed by atoms with Crippen LogP contribution in [0, 0.1) is 0 Å². The lowest BCUT2D eigenvalue weighted by Gasteiger charge is -2.32. The van der Waals surface area contributed by atoms with Gasteiger partial charge in [0.2, 0.25) is 0 Å². The van der Waals surface area contributed by atoms with Gasteiger partial charge in [-0.15, -0.1) is 0 Å². The predicted molar refractivity (Wildman–Crippen MR) is 89.1 cm³/mol. The standard InChI is InChI=1S/C18H20N4O2/c1-3-15(10-19-7-1)13-23-16-4-2-8-22(12-16)11-14-5-6-17-18(9-14)21-24-20-17/h1,3,5-7,9-10,16H,2,4,8,11-13H2/t16-/m0/s1. The fourth-order valence-electron chi connectivity index (χ4n) is 3.17. The average molecular weight is 324 g/mol. The molecule has 4 rings (SSSR count). The molecule has 1 aliphatic heterocycles. The fraction of sp³-hybridized carbons (Fsp3) is 0.389.